The Hall–Kier alpha value is 1.25. The van der Waals surface area contributed by atoms with Crippen LogP contribution in [0.1, 0.15) is 12.8 Å². The number of alkyl halides is 1. The van der Waals surface area contributed by atoms with Gasteiger partial charge in [-0.25, -0.2) is 0 Å². The van der Waals surface area contributed by atoms with Gasteiger partial charge in [-0.3, -0.25) is 0 Å². The van der Waals surface area contributed by atoms with Gasteiger partial charge in [-0.15, -0.1) is 0 Å². The monoisotopic (exact) mass is 144 g/mol. The molecule has 0 bridgehead atoms. The van der Waals surface area contributed by atoms with Crippen LogP contribution in [0.4, 0.5) is 0 Å². The first kappa shape index (κ1) is 6.25. The van der Waals surface area contributed by atoms with Gasteiger partial charge >= 0.3 is 23.1 Å². The first-order valence-corrected chi connectivity index (χ1v) is 2.45. The van der Waals surface area contributed by atoms with Crippen molar-refractivity contribution >= 4 is 39.0 Å². The van der Waals surface area contributed by atoms with E-state index >= 15 is 0 Å². The fourth-order valence-corrected chi connectivity index (χ4v) is 0.327. The molecule has 1 aliphatic carbocycles. The molecular formula is C3H5BrMg+2. The molecule has 0 spiro atoms. The van der Waals surface area contributed by atoms with Crippen molar-refractivity contribution in [1.29, 1.82) is 0 Å². The minimum Gasteiger partial charge on any atom is -0.0891 e. The second-order valence-corrected chi connectivity index (χ2v) is 2.47. The molecule has 5 heavy (non-hydrogen) atoms. The molecule has 1 aliphatic rings. The smallest absolute Gasteiger partial charge is 0.0891 e. The summed E-state index contributed by atoms with van der Waals surface area (Å²) in [7, 11) is 0. The van der Waals surface area contributed by atoms with Crippen LogP contribution in [-0.2, 0) is 0 Å². The molecule has 0 N–H and O–H groups in total. The Kier molecular flexibility index (Phi) is 3.03. The molecule has 0 atom stereocenters. The Balaban J connectivity index is 0.000000160. The third kappa shape index (κ3) is 3.07. The molecular weight excluding hydrogens is 140 g/mol. The molecule has 2 heteroatoms. The van der Waals surface area contributed by atoms with Crippen LogP contribution < -0.4 is 0 Å². The van der Waals surface area contributed by atoms with Crippen molar-refractivity contribution in [1.82, 2.24) is 0 Å². The molecule has 1 fully saturated rings. The van der Waals surface area contributed by atoms with E-state index in [1.807, 2.05) is 0 Å². The fraction of sp³-hybridized carbons (Fsp3) is 1.00. The molecule has 0 nitrogen and oxygen atoms in total. The quantitative estimate of drug-likeness (QED) is 0.354. The summed E-state index contributed by atoms with van der Waals surface area (Å²) < 4.78 is 0. The second-order valence-electron chi connectivity index (χ2n) is 1.17. The third-order valence-electron chi connectivity index (χ3n) is 0.507. The summed E-state index contributed by atoms with van der Waals surface area (Å²) in [6, 6.07) is 0. The average molecular weight is 145 g/mol. The van der Waals surface area contributed by atoms with Crippen LogP contribution in [-0.4, -0.2) is 27.9 Å². The van der Waals surface area contributed by atoms with Crippen LogP contribution in [0.3, 0.4) is 0 Å². The van der Waals surface area contributed by atoms with E-state index in [1.54, 1.807) is 0 Å². The molecule has 0 heterocycles. The Bertz CT molecular complexity index is 26.1. The maximum absolute atomic E-state index is 3.38. The van der Waals surface area contributed by atoms with Crippen LogP contribution >= 0.6 is 15.9 Å². The van der Waals surface area contributed by atoms with Crippen LogP contribution in [0.5, 0.6) is 0 Å². The summed E-state index contributed by atoms with van der Waals surface area (Å²) in [4.78, 5) is 0.896. The summed E-state index contributed by atoms with van der Waals surface area (Å²) in [5.41, 5.74) is 0. The van der Waals surface area contributed by atoms with Gasteiger partial charge in [0, 0.05) is 4.83 Å². The Labute approximate surface area is 56.6 Å². The normalized spacial score (nSPS) is 21.0. The van der Waals surface area contributed by atoms with Crippen molar-refractivity contribution in [2.75, 3.05) is 0 Å². The van der Waals surface area contributed by atoms with E-state index < -0.39 is 0 Å². The molecule has 1 rings (SSSR count). The third-order valence-corrected chi connectivity index (χ3v) is 1.42. The van der Waals surface area contributed by atoms with E-state index in [2.05, 4.69) is 15.9 Å². The van der Waals surface area contributed by atoms with Crippen molar-refractivity contribution < 1.29 is 0 Å². The molecule has 0 amide bonds. The van der Waals surface area contributed by atoms with Crippen molar-refractivity contribution in [3.05, 3.63) is 0 Å². The first-order valence-electron chi connectivity index (χ1n) is 1.53. The van der Waals surface area contributed by atoms with Gasteiger partial charge in [-0.2, -0.15) is 0 Å². The Morgan fingerprint density at radius 3 is 1.60 bits per heavy atom. The molecule has 0 aliphatic heterocycles. The van der Waals surface area contributed by atoms with E-state index in [1.165, 1.54) is 12.8 Å². The van der Waals surface area contributed by atoms with Gasteiger partial charge in [0.05, 0.1) is 0 Å². The van der Waals surface area contributed by atoms with E-state index in [-0.39, 0.29) is 23.1 Å². The van der Waals surface area contributed by atoms with Gasteiger partial charge in [0.15, 0.2) is 0 Å². The van der Waals surface area contributed by atoms with Gasteiger partial charge < -0.3 is 0 Å². The molecule has 0 aromatic rings. The number of rotatable bonds is 0. The van der Waals surface area contributed by atoms with E-state index in [9.17, 15) is 0 Å². The van der Waals surface area contributed by atoms with E-state index in [0.29, 0.717) is 0 Å². The van der Waals surface area contributed by atoms with Crippen LogP contribution in [0.2, 0.25) is 0 Å². The largest absolute Gasteiger partial charge is 2.00 e. The van der Waals surface area contributed by atoms with Gasteiger partial charge in [0.1, 0.15) is 0 Å². The van der Waals surface area contributed by atoms with Crippen LogP contribution in [0.15, 0.2) is 0 Å². The molecule has 1 saturated carbocycles. The number of halogens is 1. The van der Waals surface area contributed by atoms with Gasteiger partial charge in [0.25, 0.3) is 0 Å². The van der Waals surface area contributed by atoms with Crippen molar-refractivity contribution in [3.63, 3.8) is 0 Å². The summed E-state index contributed by atoms with van der Waals surface area (Å²) in [5.74, 6) is 0. The molecule has 0 aromatic carbocycles. The molecule has 0 saturated heterocycles. The van der Waals surface area contributed by atoms with Gasteiger partial charge in [-0.1, -0.05) is 15.9 Å². The van der Waals surface area contributed by atoms with E-state index in [0.717, 1.165) is 4.83 Å². The number of hydrogen-bond acceptors (Lipinski definition) is 0. The molecule has 0 aromatic heterocycles. The second kappa shape index (κ2) is 2.42. The summed E-state index contributed by atoms with van der Waals surface area (Å²) >= 11 is 3.38. The fourth-order valence-electron chi connectivity index (χ4n) is 0.0630. The predicted molar refractivity (Wildman–Crippen MR) is 27.7 cm³/mol. The van der Waals surface area contributed by atoms with E-state index in [4.69, 9.17) is 0 Å². The van der Waals surface area contributed by atoms with Gasteiger partial charge in [0.2, 0.25) is 0 Å². The number of hydrogen-bond donors (Lipinski definition) is 0. The van der Waals surface area contributed by atoms with Crippen molar-refractivity contribution in [2.24, 2.45) is 0 Å². The Morgan fingerprint density at radius 2 is 1.60 bits per heavy atom. The summed E-state index contributed by atoms with van der Waals surface area (Å²) in [6.45, 7) is 0. The zero-order valence-corrected chi connectivity index (χ0v) is 6.08. The SMILES string of the molecule is BrC1CC1.[Mg+2]. The molecule has 0 unspecified atom stereocenters. The minimum absolute atomic E-state index is 0. The molecule has 0 radical (unpaired) electrons. The minimum atomic E-state index is 0. The predicted octanol–water partition coefficient (Wildman–Crippen LogP) is 1.16. The Morgan fingerprint density at radius 1 is 1.40 bits per heavy atom. The van der Waals surface area contributed by atoms with Gasteiger partial charge in [-0.05, 0) is 12.8 Å². The zero-order chi connectivity index (χ0) is 2.99. The summed E-state index contributed by atoms with van der Waals surface area (Å²) in [6.07, 6.45) is 2.81. The zero-order valence-electron chi connectivity index (χ0n) is 3.08. The first-order chi connectivity index (χ1) is 1.89. The standard InChI is InChI=1S/C3H5Br.Mg/c4-3-1-2-3;/h3H,1-2H2;/q;+2. The van der Waals surface area contributed by atoms with Crippen molar-refractivity contribution in [2.45, 2.75) is 17.7 Å². The van der Waals surface area contributed by atoms with Crippen LogP contribution in [0.25, 0.3) is 0 Å². The maximum Gasteiger partial charge on any atom is 2.00 e. The average Bonchev–Trinajstić information content (AvgIpc) is 1.75. The molecule has 24 valence electrons. The summed E-state index contributed by atoms with van der Waals surface area (Å²) in [5, 5.41) is 0. The van der Waals surface area contributed by atoms with Crippen molar-refractivity contribution in [3.8, 4) is 0 Å². The van der Waals surface area contributed by atoms with Crippen LogP contribution in [0, 0.1) is 0 Å². The maximum atomic E-state index is 3.38. The topological polar surface area (TPSA) is 0 Å².